The molecule has 0 aliphatic carbocycles. The maximum Gasteiger partial charge on any atom is 0.387 e. The van der Waals surface area contributed by atoms with Crippen LogP contribution in [0.25, 0.3) is 0 Å². The van der Waals surface area contributed by atoms with Gasteiger partial charge in [-0.1, -0.05) is 13.3 Å². The lowest BCUT2D eigenvalue weighted by Gasteiger charge is -2.28. The topological polar surface area (TPSA) is 72.9 Å². The van der Waals surface area contributed by atoms with Gasteiger partial charge >= 0.3 is 6.61 Å². The second kappa shape index (κ2) is 8.66. The fraction of sp³-hybridized carbons (Fsp3) is 0.588. The molecule has 0 bridgehead atoms. The van der Waals surface area contributed by atoms with Gasteiger partial charge in [-0.25, -0.2) is 8.42 Å². The third kappa shape index (κ3) is 5.06. The van der Waals surface area contributed by atoms with Gasteiger partial charge in [0.15, 0.2) is 21.3 Å². The van der Waals surface area contributed by atoms with Gasteiger partial charge in [-0.2, -0.15) is 8.78 Å². The number of unbranched alkanes of at least 4 members (excludes halogenated alkanes) is 1. The summed E-state index contributed by atoms with van der Waals surface area (Å²) in [7, 11) is -1.84. The zero-order valence-electron chi connectivity index (χ0n) is 14.8. The van der Waals surface area contributed by atoms with Gasteiger partial charge in [0.2, 0.25) is 0 Å². The fourth-order valence-corrected chi connectivity index (χ4v) is 4.69. The zero-order valence-corrected chi connectivity index (χ0v) is 15.6. The number of nitrogens with zero attached hydrogens (tertiary/aromatic N) is 1. The van der Waals surface area contributed by atoms with E-state index in [1.807, 2.05) is 6.92 Å². The van der Waals surface area contributed by atoms with Crippen molar-refractivity contribution in [2.75, 3.05) is 25.2 Å². The van der Waals surface area contributed by atoms with Crippen molar-refractivity contribution < 1.29 is 31.5 Å². The third-order valence-corrected chi connectivity index (χ3v) is 6.04. The highest BCUT2D eigenvalue weighted by Gasteiger charge is 2.35. The van der Waals surface area contributed by atoms with E-state index >= 15 is 0 Å². The Hall–Kier alpha value is -1.90. The van der Waals surface area contributed by atoms with Crippen molar-refractivity contribution in [2.45, 2.75) is 38.8 Å². The highest BCUT2D eigenvalue weighted by molar-refractivity contribution is 7.91. The smallest absolute Gasteiger partial charge is 0.387 e. The molecule has 1 aromatic carbocycles. The number of rotatable bonds is 8. The first-order chi connectivity index (χ1) is 12.3. The van der Waals surface area contributed by atoms with E-state index < -0.39 is 16.4 Å². The molecule has 0 spiro atoms. The molecule has 6 nitrogen and oxygen atoms in total. The first-order valence-corrected chi connectivity index (χ1v) is 10.2. The molecule has 9 heteroatoms. The molecule has 26 heavy (non-hydrogen) atoms. The highest BCUT2D eigenvalue weighted by Crippen LogP contribution is 2.30. The average molecular weight is 391 g/mol. The number of methoxy groups -OCH3 is 1. The Kier molecular flexibility index (Phi) is 6.80. The average Bonchev–Trinajstić information content (AvgIpc) is 2.94. The van der Waals surface area contributed by atoms with Gasteiger partial charge in [-0.15, -0.1) is 0 Å². The van der Waals surface area contributed by atoms with Gasteiger partial charge in [-0.3, -0.25) is 4.79 Å². The molecule has 0 saturated carbocycles. The molecule has 1 atom stereocenters. The van der Waals surface area contributed by atoms with Crippen LogP contribution in [0.4, 0.5) is 8.78 Å². The zero-order chi connectivity index (χ0) is 19.3. The van der Waals surface area contributed by atoms with Gasteiger partial charge in [0.25, 0.3) is 5.91 Å². The lowest BCUT2D eigenvalue weighted by Crippen LogP contribution is -2.41. The summed E-state index contributed by atoms with van der Waals surface area (Å²) < 4.78 is 57.8. The van der Waals surface area contributed by atoms with E-state index in [0.29, 0.717) is 13.0 Å². The Morgan fingerprint density at radius 2 is 2.08 bits per heavy atom. The largest absolute Gasteiger partial charge is 0.493 e. The lowest BCUT2D eigenvalue weighted by molar-refractivity contribution is -0.0512. The van der Waals surface area contributed by atoms with Crippen molar-refractivity contribution in [2.24, 2.45) is 0 Å². The number of hydrogen-bond donors (Lipinski definition) is 0. The highest BCUT2D eigenvalue weighted by atomic mass is 32.2. The SMILES string of the molecule is CCCCN(C(=O)c1ccc(OC(F)F)c(OC)c1)C1CCS(=O)(=O)C1. The van der Waals surface area contributed by atoms with Gasteiger partial charge in [0.05, 0.1) is 18.6 Å². The van der Waals surface area contributed by atoms with Crippen molar-refractivity contribution in [1.29, 1.82) is 0 Å². The third-order valence-electron chi connectivity index (χ3n) is 4.29. The Morgan fingerprint density at radius 3 is 2.62 bits per heavy atom. The number of ether oxygens (including phenoxy) is 2. The van der Waals surface area contributed by atoms with Crippen molar-refractivity contribution in [3.8, 4) is 11.5 Å². The van der Waals surface area contributed by atoms with E-state index in [1.165, 1.54) is 25.3 Å². The van der Waals surface area contributed by atoms with Crippen LogP contribution < -0.4 is 9.47 Å². The number of carbonyl (C=O) groups excluding carboxylic acids is 1. The quantitative estimate of drug-likeness (QED) is 0.681. The van der Waals surface area contributed by atoms with Gasteiger partial charge in [0, 0.05) is 18.2 Å². The van der Waals surface area contributed by atoms with E-state index in [4.69, 9.17) is 4.74 Å². The summed E-state index contributed by atoms with van der Waals surface area (Å²) in [5.41, 5.74) is 0.240. The van der Waals surface area contributed by atoms with Crippen LogP contribution in [0.5, 0.6) is 11.5 Å². The number of sulfone groups is 1. The Morgan fingerprint density at radius 1 is 1.35 bits per heavy atom. The second-order valence-electron chi connectivity index (χ2n) is 6.15. The van der Waals surface area contributed by atoms with E-state index in [9.17, 15) is 22.0 Å². The van der Waals surface area contributed by atoms with Crippen LogP contribution in [0.3, 0.4) is 0 Å². The predicted octanol–water partition coefficient (Wildman–Crippen LogP) is 2.73. The van der Waals surface area contributed by atoms with E-state index in [-0.39, 0.29) is 40.5 Å². The summed E-state index contributed by atoms with van der Waals surface area (Å²) in [6, 6.07) is 3.59. The van der Waals surface area contributed by atoms with E-state index in [1.54, 1.807) is 4.90 Å². The maximum atomic E-state index is 12.9. The van der Waals surface area contributed by atoms with Crippen molar-refractivity contribution in [1.82, 2.24) is 4.90 Å². The molecule has 1 amide bonds. The maximum absolute atomic E-state index is 12.9. The van der Waals surface area contributed by atoms with Crippen molar-refractivity contribution in [3.05, 3.63) is 23.8 Å². The summed E-state index contributed by atoms with van der Waals surface area (Å²) in [6.07, 6.45) is 2.00. The molecule has 0 N–H and O–H groups in total. The predicted molar refractivity (Wildman–Crippen MR) is 92.6 cm³/mol. The molecule has 1 unspecified atom stereocenters. The van der Waals surface area contributed by atoms with Gasteiger partial charge in [0.1, 0.15) is 0 Å². The van der Waals surface area contributed by atoms with Crippen LogP contribution in [-0.4, -0.2) is 57.0 Å². The number of benzene rings is 1. The molecular weight excluding hydrogens is 368 g/mol. The molecule has 146 valence electrons. The van der Waals surface area contributed by atoms with E-state index in [2.05, 4.69) is 4.74 Å². The minimum absolute atomic E-state index is 0.0191. The van der Waals surface area contributed by atoms with Crippen LogP contribution in [0.2, 0.25) is 0 Å². The summed E-state index contributed by atoms with van der Waals surface area (Å²) in [6.45, 7) is -0.587. The minimum atomic E-state index is -3.14. The first-order valence-electron chi connectivity index (χ1n) is 8.41. The Labute approximate surface area is 152 Å². The van der Waals surface area contributed by atoms with Crippen LogP contribution in [0.15, 0.2) is 18.2 Å². The van der Waals surface area contributed by atoms with Crippen LogP contribution >= 0.6 is 0 Å². The van der Waals surface area contributed by atoms with Gasteiger partial charge in [-0.05, 0) is 31.0 Å². The summed E-state index contributed by atoms with van der Waals surface area (Å²) in [5.74, 6) is -0.472. The standard InChI is InChI=1S/C17H23F2NO5S/c1-3-4-8-20(13-7-9-26(22,23)11-13)16(21)12-5-6-14(25-17(18)19)15(10-12)24-2/h5-6,10,13,17H,3-4,7-9,11H2,1-2H3. The fourth-order valence-electron chi connectivity index (χ4n) is 2.96. The molecule has 1 aliphatic heterocycles. The molecular formula is C17H23F2NO5S. The second-order valence-corrected chi connectivity index (χ2v) is 8.38. The number of hydrogen-bond acceptors (Lipinski definition) is 5. The van der Waals surface area contributed by atoms with Gasteiger partial charge < -0.3 is 14.4 Å². The lowest BCUT2D eigenvalue weighted by atomic mass is 10.1. The van der Waals surface area contributed by atoms with E-state index in [0.717, 1.165) is 12.8 Å². The monoisotopic (exact) mass is 391 g/mol. The molecule has 1 aliphatic rings. The van der Waals surface area contributed by atoms with Crippen LogP contribution in [0, 0.1) is 0 Å². The van der Waals surface area contributed by atoms with Crippen molar-refractivity contribution in [3.63, 3.8) is 0 Å². The molecule has 1 heterocycles. The molecule has 0 radical (unpaired) electrons. The molecule has 1 aromatic rings. The summed E-state index contributed by atoms with van der Waals surface area (Å²) in [5, 5.41) is 0. The Balaban J connectivity index is 2.27. The Bertz CT molecular complexity index is 739. The number of alkyl halides is 2. The molecule has 2 rings (SSSR count). The summed E-state index contributed by atoms with van der Waals surface area (Å²) in [4.78, 5) is 14.5. The van der Waals surface area contributed by atoms with Crippen molar-refractivity contribution >= 4 is 15.7 Å². The minimum Gasteiger partial charge on any atom is -0.493 e. The number of halogens is 2. The molecule has 1 fully saturated rings. The number of carbonyl (C=O) groups is 1. The van der Waals surface area contributed by atoms with Crippen LogP contribution in [-0.2, 0) is 9.84 Å². The summed E-state index contributed by atoms with van der Waals surface area (Å²) >= 11 is 0. The van der Waals surface area contributed by atoms with Crippen LogP contribution in [0.1, 0.15) is 36.5 Å². The molecule has 0 aromatic heterocycles. The normalized spacial score (nSPS) is 18.7. The first kappa shape index (κ1) is 20.4. The molecule has 1 saturated heterocycles. The number of amides is 1.